The lowest BCUT2D eigenvalue weighted by Gasteiger charge is -2.28. The van der Waals surface area contributed by atoms with Crippen LogP contribution in [0.1, 0.15) is 13.8 Å². The van der Waals surface area contributed by atoms with Gasteiger partial charge in [0.15, 0.2) is 0 Å². The van der Waals surface area contributed by atoms with Crippen molar-refractivity contribution in [3.05, 3.63) is 0 Å². The van der Waals surface area contributed by atoms with E-state index in [1.807, 2.05) is 0 Å². The van der Waals surface area contributed by atoms with E-state index >= 15 is 0 Å². The molecule has 6 heteroatoms. The van der Waals surface area contributed by atoms with E-state index in [0.717, 1.165) is 13.1 Å². The van der Waals surface area contributed by atoms with Crippen molar-refractivity contribution >= 4 is 5.95 Å². The lowest BCUT2D eigenvalue weighted by Crippen LogP contribution is -2.46. The van der Waals surface area contributed by atoms with Gasteiger partial charge in [-0.1, -0.05) is 0 Å². The normalized spacial score (nSPS) is 11.3. The first-order valence-corrected chi connectivity index (χ1v) is 5.28. The molecule has 0 aliphatic rings. The van der Waals surface area contributed by atoms with Crippen LogP contribution in [0.4, 0.5) is 5.95 Å². The molecule has 0 saturated heterocycles. The van der Waals surface area contributed by atoms with Crippen molar-refractivity contribution < 1.29 is 9.47 Å². The predicted octanol–water partition coefficient (Wildman–Crippen LogP) is 0.866. The van der Waals surface area contributed by atoms with Crippen LogP contribution < -0.4 is 14.0 Å². The fraction of sp³-hybridized carbons (Fsp3) is 0.700. The number of nitrogens with zero attached hydrogens (tertiary/aromatic N) is 4. The van der Waals surface area contributed by atoms with Crippen molar-refractivity contribution in [2.24, 2.45) is 0 Å². The lowest BCUT2D eigenvalue weighted by atomic mass is 10.4. The van der Waals surface area contributed by atoms with Crippen LogP contribution in [0.5, 0.6) is 12.0 Å². The van der Waals surface area contributed by atoms with Crippen molar-refractivity contribution in [2.75, 3.05) is 34.4 Å². The molecule has 90 valence electrons. The second kappa shape index (κ2) is 5.07. The maximum Gasteiger partial charge on any atom is 0.338 e. The summed E-state index contributed by atoms with van der Waals surface area (Å²) >= 11 is 0. The smallest absolute Gasteiger partial charge is 0.338 e. The highest BCUT2D eigenvalue weighted by molar-refractivity contribution is 5.27. The van der Waals surface area contributed by atoms with Crippen LogP contribution in [0.3, 0.4) is 0 Å². The molecule has 0 fully saturated rings. The van der Waals surface area contributed by atoms with E-state index < -0.39 is 0 Å². The Hall–Kier alpha value is -1.43. The molecule has 0 atom stereocenters. The highest BCUT2D eigenvalue weighted by Crippen LogP contribution is 2.20. The van der Waals surface area contributed by atoms with Crippen LogP contribution in [0, 0.1) is 0 Å². The van der Waals surface area contributed by atoms with Crippen LogP contribution in [0.2, 0.25) is 0 Å². The molecule has 1 aromatic rings. The molecule has 1 aromatic heterocycles. The molecule has 0 radical (unpaired) electrons. The third-order valence-corrected chi connectivity index (χ3v) is 2.83. The van der Waals surface area contributed by atoms with E-state index in [-0.39, 0.29) is 12.0 Å². The first kappa shape index (κ1) is 12.6. The van der Waals surface area contributed by atoms with Crippen LogP contribution in [-0.4, -0.2) is 49.3 Å². The third kappa shape index (κ3) is 2.38. The minimum atomic E-state index is 0.285. The molecule has 0 saturated carbocycles. The molecule has 1 heterocycles. The summed E-state index contributed by atoms with van der Waals surface area (Å²) < 4.78 is 10.7. The summed E-state index contributed by atoms with van der Waals surface area (Å²) in [6, 6.07) is 0.571. The second-order valence-electron chi connectivity index (χ2n) is 3.64. The van der Waals surface area contributed by atoms with Crippen molar-refractivity contribution in [2.45, 2.75) is 13.8 Å². The number of hydrogen-bond acceptors (Lipinski definition) is 5. The maximum absolute atomic E-state index is 5.03. The first-order valence-electron chi connectivity index (χ1n) is 5.28. The molecule has 6 nitrogen and oxygen atoms in total. The molecule has 0 aliphatic heterocycles. The molecular formula is C10H19N4O2+. The number of quaternary nitrogens is 1. The molecule has 0 aromatic carbocycles. The SMILES string of the molecule is CC[N+](C)(CC)c1nc(OC)nc(OC)n1. The third-order valence-electron chi connectivity index (χ3n) is 2.83. The van der Waals surface area contributed by atoms with Gasteiger partial charge in [-0.3, -0.25) is 4.48 Å². The Bertz CT molecular complexity index is 330. The van der Waals surface area contributed by atoms with E-state index in [2.05, 4.69) is 35.8 Å². The summed E-state index contributed by atoms with van der Waals surface area (Å²) in [5, 5.41) is 0. The van der Waals surface area contributed by atoms with Gasteiger partial charge >= 0.3 is 18.0 Å². The standard InChI is InChI=1S/C10H19N4O2/c1-6-14(3,7-2)8-11-9(15-4)13-10(12-8)16-5/h6-7H2,1-5H3/q+1. The Morgan fingerprint density at radius 2 is 1.38 bits per heavy atom. The molecule has 0 bridgehead atoms. The fourth-order valence-electron chi connectivity index (χ4n) is 1.26. The minimum Gasteiger partial charge on any atom is -0.466 e. The van der Waals surface area contributed by atoms with Gasteiger partial charge < -0.3 is 9.47 Å². The Labute approximate surface area is 95.8 Å². The van der Waals surface area contributed by atoms with E-state index in [1.54, 1.807) is 0 Å². The molecule has 0 spiro atoms. The van der Waals surface area contributed by atoms with Crippen molar-refractivity contribution in [1.82, 2.24) is 19.4 Å². The van der Waals surface area contributed by atoms with Gasteiger partial charge in [-0.15, -0.1) is 15.0 Å². The molecule has 16 heavy (non-hydrogen) atoms. The van der Waals surface area contributed by atoms with E-state index in [4.69, 9.17) is 9.47 Å². The van der Waals surface area contributed by atoms with Crippen LogP contribution >= 0.6 is 0 Å². The zero-order valence-corrected chi connectivity index (χ0v) is 10.5. The van der Waals surface area contributed by atoms with Gasteiger partial charge in [-0.25, -0.2) is 0 Å². The minimum absolute atomic E-state index is 0.285. The van der Waals surface area contributed by atoms with Gasteiger partial charge in [0.05, 0.1) is 34.4 Å². The average Bonchev–Trinajstić information content (AvgIpc) is 2.36. The van der Waals surface area contributed by atoms with Crippen molar-refractivity contribution in [3.63, 3.8) is 0 Å². The topological polar surface area (TPSA) is 57.1 Å². The Balaban J connectivity index is 3.21. The van der Waals surface area contributed by atoms with Crippen molar-refractivity contribution in [3.8, 4) is 12.0 Å². The summed E-state index contributed by atoms with van der Waals surface area (Å²) in [5.41, 5.74) is 0. The molecule has 0 amide bonds. The molecule has 0 N–H and O–H groups in total. The summed E-state index contributed by atoms with van der Waals surface area (Å²) in [7, 11) is 5.12. The molecule has 0 unspecified atom stereocenters. The van der Waals surface area contributed by atoms with Crippen LogP contribution in [0.25, 0.3) is 0 Å². The van der Waals surface area contributed by atoms with Gasteiger partial charge in [0.2, 0.25) is 0 Å². The van der Waals surface area contributed by atoms with Gasteiger partial charge in [0.25, 0.3) is 0 Å². The summed E-state index contributed by atoms with van der Waals surface area (Å²) in [4.78, 5) is 12.5. The largest absolute Gasteiger partial charge is 0.466 e. The molecule has 1 rings (SSSR count). The van der Waals surface area contributed by atoms with Crippen LogP contribution in [0.15, 0.2) is 0 Å². The highest BCUT2D eigenvalue weighted by atomic mass is 16.5. The zero-order chi connectivity index (χ0) is 12.2. The van der Waals surface area contributed by atoms with E-state index in [1.165, 1.54) is 14.2 Å². The van der Waals surface area contributed by atoms with Gasteiger partial charge in [-0.2, -0.15) is 0 Å². The average molecular weight is 227 g/mol. The Morgan fingerprint density at radius 3 is 1.69 bits per heavy atom. The summed E-state index contributed by atoms with van der Waals surface area (Å²) in [6.45, 7) is 5.97. The number of methoxy groups -OCH3 is 2. The van der Waals surface area contributed by atoms with E-state index in [0.29, 0.717) is 10.4 Å². The van der Waals surface area contributed by atoms with Crippen molar-refractivity contribution in [1.29, 1.82) is 0 Å². The monoisotopic (exact) mass is 227 g/mol. The predicted molar refractivity (Wildman–Crippen MR) is 61.7 cm³/mol. The van der Waals surface area contributed by atoms with Gasteiger partial charge in [0, 0.05) is 0 Å². The summed E-state index contributed by atoms with van der Waals surface area (Å²) in [5.74, 6) is 0.661. The number of rotatable bonds is 5. The first-order chi connectivity index (χ1) is 7.59. The fourth-order valence-corrected chi connectivity index (χ4v) is 1.26. The van der Waals surface area contributed by atoms with Gasteiger partial charge in [0.1, 0.15) is 0 Å². The molecular weight excluding hydrogens is 208 g/mol. The van der Waals surface area contributed by atoms with Gasteiger partial charge in [-0.05, 0) is 13.8 Å². The number of hydrogen-bond donors (Lipinski definition) is 0. The second-order valence-corrected chi connectivity index (χ2v) is 3.64. The van der Waals surface area contributed by atoms with E-state index in [9.17, 15) is 0 Å². The highest BCUT2D eigenvalue weighted by Gasteiger charge is 2.26. The molecule has 0 aliphatic carbocycles. The summed E-state index contributed by atoms with van der Waals surface area (Å²) in [6.07, 6.45) is 0. The lowest BCUT2D eigenvalue weighted by molar-refractivity contribution is 0.305. The maximum atomic E-state index is 5.03. The Morgan fingerprint density at radius 1 is 0.938 bits per heavy atom. The number of ether oxygens (including phenoxy) is 2. The zero-order valence-electron chi connectivity index (χ0n) is 10.5. The van der Waals surface area contributed by atoms with Crippen LogP contribution in [-0.2, 0) is 0 Å². The quantitative estimate of drug-likeness (QED) is 0.698. The number of aromatic nitrogens is 3. The Kier molecular flexibility index (Phi) is 4.00.